The highest BCUT2D eigenvalue weighted by molar-refractivity contribution is 7.99. The molecule has 2 aromatic carbocycles. The van der Waals surface area contributed by atoms with E-state index in [1.807, 2.05) is 57.2 Å². The van der Waals surface area contributed by atoms with Crippen molar-refractivity contribution in [3.8, 4) is 11.5 Å². The number of aromatic nitrogens is 2. The zero-order valence-corrected chi connectivity index (χ0v) is 16.0. The Morgan fingerprint density at radius 2 is 1.81 bits per heavy atom. The van der Waals surface area contributed by atoms with Gasteiger partial charge in [-0.25, -0.2) is 0 Å². The Morgan fingerprint density at radius 1 is 0.962 bits per heavy atom. The Labute approximate surface area is 157 Å². The summed E-state index contributed by atoms with van der Waals surface area (Å²) in [5, 5.41) is 8.59. The molecule has 3 aromatic rings. The molecule has 1 heterocycles. The van der Waals surface area contributed by atoms with E-state index in [1.54, 1.807) is 0 Å². The minimum atomic E-state index is 0.262. The molecule has 0 radical (unpaired) electrons. The summed E-state index contributed by atoms with van der Waals surface area (Å²) in [5.74, 6) is 2.91. The zero-order valence-electron chi connectivity index (χ0n) is 15.2. The van der Waals surface area contributed by atoms with E-state index in [4.69, 9.17) is 13.9 Å². The maximum Gasteiger partial charge on any atom is 0.276 e. The standard InChI is InChI=1S/C20H22N2O3S/c1-14-5-4-6-17(11-14)23-9-10-26-20-22-21-19(25-20)13-24-18-12-15(2)7-8-16(18)3/h4-8,11-12H,9-10,13H2,1-3H3. The number of aryl methyl sites for hydroxylation is 3. The first-order valence-electron chi connectivity index (χ1n) is 8.45. The number of ether oxygens (including phenoxy) is 2. The number of benzene rings is 2. The molecule has 0 saturated carbocycles. The molecule has 136 valence electrons. The Hall–Kier alpha value is -2.47. The van der Waals surface area contributed by atoms with E-state index in [1.165, 1.54) is 17.3 Å². The van der Waals surface area contributed by atoms with Crippen LogP contribution in [0.1, 0.15) is 22.6 Å². The van der Waals surface area contributed by atoms with Crippen molar-refractivity contribution in [3.05, 3.63) is 65.0 Å². The van der Waals surface area contributed by atoms with Crippen LogP contribution in [0.5, 0.6) is 11.5 Å². The summed E-state index contributed by atoms with van der Waals surface area (Å²) in [6.07, 6.45) is 0. The van der Waals surface area contributed by atoms with Crippen LogP contribution in [0.3, 0.4) is 0 Å². The fraction of sp³-hybridized carbons (Fsp3) is 0.300. The molecule has 0 N–H and O–H groups in total. The highest BCUT2D eigenvalue weighted by atomic mass is 32.2. The molecule has 0 aliphatic rings. The summed E-state index contributed by atoms with van der Waals surface area (Å²) in [6.45, 7) is 6.93. The minimum absolute atomic E-state index is 0.262. The lowest BCUT2D eigenvalue weighted by Gasteiger charge is -2.07. The molecular weight excluding hydrogens is 348 g/mol. The molecule has 1 aromatic heterocycles. The van der Waals surface area contributed by atoms with Gasteiger partial charge in [0.2, 0.25) is 0 Å². The van der Waals surface area contributed by atoms with E-state index in [0.717, 1.165) is 28.4 Å². The molecule has 0 bridgehead atoms. The average molecular weight is 370 g/mol. The summed E-state index contributed by atoms with van der Waals surface area (Å²) >= 11 is 1.47. The molecule has 0 aliphatic carbocycles. The molecule has 0 amide bonds. The van der Waals surface area contributed by atoms with Gasteiger partial charge in [-0.3, -0.25) is 0 Å². The summed E-state index contributed by atoms with van der Waals surface area (Å²) in [5.41, 5.74) is 3.42. The lowest BCUT2D eigenvalue weighted by molar-refractivity contribution is 0.250. The fourth-order valence-corrected chi connectivity index (χ4v) is 2.95. The van der Waals surface area contributed by atoms with Crippen LogP contribution in [0, 0.1) is 20.8 Å². The predicted molar refractivity (Wildman–Crippen MR) is 102 cm³/mol. The number of hydrogen-bond acceptors (Lipinski definition) is 6. The summed E-state index contributed by atoms with van der Waals surface area (Å²) in [6, 6.07) is 14.1. The molecule has 3 rings (SSSR count). The third-order valence-corrected chi connectivity index (χ3v) is 4.49. The first-order valence-corrected chi connectivity index (χ1v) is 9.43. The summed E-state index contributed by atoms with van der Waals surface area (Å²) in [7, 11) is 0. The maximum atomic E-state index is 5.78. The highest BCUT2D eigenvalue weighted by Crippen LogP contribution is 2.22. The van der Waals surface area contributed by atoms with Gasteiger partial charge in [-0.2, -0.15) is 0 Å². The lowest BCUT2D eigenvalue weighted by Crippen LogP contribution is -2.00. The van der Waals surface area contributed by atoms with Crippen LogP contribution in [0.25, 0.3) is 0 Å². The number of thioether (sulfide) groups is 1. The van der Waals surface area contributed by atoms with Gasteiger partial charge >= 0.3 is 0 Å². The van der Waals surface area contributed by atoms with E-state index in [-0.39, 0.29) is 6.61 Å². The van der Waals surface area contributed by atoms with Gasteiger partial charge in [0.05, 0.1) is 6.61 Å². The second-order valence-electron chi connectivity index (χ2n) is 6.03. The SMILES string of the molecule is Cc1cccc(OCCSc2nnc(COc3cc(C)ccc3C)o2)c1. The Kier molecular flexibility index (Phi) is 6.17. The molecule has 26 heavy (non-hydrogen) atoms. The van der Waals surface area contributed by atoms with Crippen LogP contribution >= 0.6 is 11.8 Å². The van der Waals surface area contributed by atoms with Crippen molar-refractivity contribution < 1.29 is 13.9 Å². The van der Waals surface area contributed by atoms with Crippen molar-refractivity contribution >= 4 is 11.8 Å². The molecule has 6 heteroatoms. The van der Waals surface area contributed by atoms with E-state index in [0.29, 0.717) is 17.7 Å². The maximum absolute atomic E-state index is 5.78. The fourth-order valence-electron chi connectivity index (χ4n) is 2.35. The average Bonchev–Trinajstić information content (AvgIpc) is 3.07. The van der Waals surface area contributed by atoms with Crippen molar-refractivity contribution in [1.82, 2.24) is 10.2 Å². The molecular formula is C20H22N2O3S. The lowest BCUT2D eigenvalue weighted by atomic mass is 10.1. The highest BCUT2D eigenvalue weighted by Gasteiger charge is 2.09. The molecule has 0 saturated heterocycles. The zero-order chi connectivity index (χ0) is 18.4. The van der Waals surface area contributed by atoms with Crippen molar-refractivity contribution in [2.45, 2.75) is 32.6 Å². The Bertz CT molecular complexity index is 864. The molecule has 0 fully saturated rings. The van der Waals surface area contributed by atoms with Gasteiger partial charge in [0.1, 0.15) is 11.5 Å². The van der Waals surface area contributed by atoms with Gasteiger partial charge in [-0.15, -0.1) is 10.2 Å². The van der Waals surface area contributed by atoms with Crippen LogP contribution in [-0.4, -0.2) is 22.6 Å². The van der Waals surface area contributed by atoms with Crippen LogP contribution in [0.4, 0.5) is 0 Å². The number of rotatable bonds is 8. The van der Waals surface area contributed by atoms with Crippen LogP contribution < -0.4 is 9.47 Å². The minimum Gasteiger partial charge on any atom is -0.493 e. The van der Waals surface area contributed by atoms with Gasteiger partial charge in [0.15, 0.2) is 6.61 Å². The second kappa shape index (κ2) is 8.76. The van der Waals surface area contributed by atoms with E-state index < -0.39 is 0 Å². The third-order valence-electron chi connectivity index (χ3n) is 3.71. The van der Waals surface area contributed by atoms with Gasteiger partial charge in [0.25, 0.3) is 11.1 Å². The van der Waals surface area contributed by atoms with E-state index in [2.05, 4.69) is 16.3 Å². The van der Waals surface area contributed by atoms with Gasteiger partial charge in [0, 0.05) is 5.75 Å². The van der Waals surface area contributed by atoms with Crippen molar-refractivity contribution in [2.24, 2.45) is 0 Å². The summed E-state index contributed by atoms with van der Waals surface area (Å²) in [4.78, 5) is 0. The summed E-state index contributed by atoms with van der Waals surface area (Å²) < 4.78 is 17.1. The quantitative estimate of drug-likeness (QED) is 0.421. The van der Waals surface area contributed by atoms with Crippen molar-refractivity contribution in [2.75, 3.05) is 12.4 Å². The smallest absolute Gasteiger partial charge is 0.276 e. The number of hydrogen-bond donors (Lipinski definition) is 0. The second-order valence-corrected chi connectivity index (χ2v) is 7.08. The van der Waals surface area contributed by atoms with Crippen molar-refractivity contribution in [3.63, 3.8) is 0 Å². The van der Waals surface area contributed by atoms with Crippen LogP contribution in [0.15, 0.2) is 52.1 Å². The van der Waals surface area contributed by atoms with Crippen LogP contribution in [0.2, 0.25) is 0 Å². The Morgan fingerprint density at radius 3 is 2.65 bits per heavy atom. The first kappa shape index (κ1) is 18.3. The van der Waals surface area contributed by atoms with Gasteiger partial charge < -0.3 is 13.9 Å². The molecule has 0 spiro atoms. The van der Waals surface area contributed by atoms with E-state index in [9.17, 15) is 0 Å². The monoisotopic (exact) mass is 370 g/mol. The predicted octanol–water partition coefficient (Wildman–Crippen LogP) is 4.74. The Balaban J connectivity index is 1.43. The van der Waals surface area contributed by atoms with Crippen molar-refractivity contribution in [1.29, 1.82) is 0 Å². The normalized spacial score (nSPS) is 10.7. The first-order chi connectivity index (χ1) is 12.6. The molecule has 0 unspecified atom stereocenters. The number of nitrogens with zero attached hydrogens (tertiary/aromatic N) is 2. The molecule has 0 aliphatic heterocycles. The van der Waals surface area contributed by atoms with E-state index >= 15 is 0 Å². The van der Waals surface area contributed by atoms with Gasteiger partial charge in [-0.05, 0) is 55.7 Å². The van der Waals surface area contributed by atoms with Gasteiger partial charge in [-0.1, -0.05) is 36.0 Å². The topological polar surface area (TPSA) is 57.4 Å². The molecule has 0 atom stereocenters. The molecule has 5 nitrogen and oxygen atoms in total. The largest absolute Gasteiger partial charge is 0.493 e. The third kappa shape index (κ3) is 5.26. The van der Waals surface area contributed by atoms with Crippen LogP contribution in [-0.2, 0) is 6.61 Å².